The van der Waals surface area contributed by atoms with Crippen molar-refractivity contribution < 1.29 is 22.3 Å². The number of pyridine rings is 2. The minimum Gasteiger partial charge on any atom is -0.472 e. The van der Waals surface area contributed by atoms with E-state index in [-0.39, 0.29) is 6.04 Å². The average molecular weight is 494 g/mol. The highest BCUT2D eigenvalue weighted by molar-refractivity contribution is 5.91. The third-order valence-electron chi connectivity index (χ3n) is 6.68. The number of ether oxygens (including phenoxy) is 1. The molecular formula is C23H27F4N7O. The largest absolute Gasteiger partial charge is 0.472 e. The molecule has 35 heavy (non-hydrogen) atoms. The summed E-state index contributed by atoms with van der Waals surface area (Å²) in [5, 5.41) is 12.4. The minimum absolute atomic E-state index is 0.0837. The summed E-state index contributed by atoms with van der Waals surface area (Å²) in [6, 6.07) is 2.69. The van der Waals surface area contributed by atoms with Crippen molar-refractivity contribution in [2.45, 2.75) is 44.0 Å². The van der Waals surface area contributed by atoms with E-state index in [0.717, 1.165) is 54.9 Å². The lowest BCUT2D eigenvalue weighted by Gasteiger charge is -2.30. The zero-order valence-electron chi connectivity index (χ0n) is 19.3. The number of nitrogens with one attached hydrogen (secondary N) is 2. The van der Waals surface area contributed by atoms with E-state index in [1.165, 1.54) is 0 Å². The first-order chi connectivity index (χ1) is 16.8. The fourth-order valence-electron chi connectivity index (χ4n) is 4.83. The van der Waals surface area contributed by atoms with Gasteiger partial charge >= 0.3 is 6.18 Å². The van der Waals surface area contributed by atoms with Gasteiger partial charge in [-0.25, -0.2) is 14.4 Å². The molecule has 188 valence electrons. The molecule has 2 aliphatic rings. The number of halogens is 4. The lowest BCUT2D eigenvalue weighted by Crippen LogP contribution is -2.43. The summed E-state index contributed by atoms with van der Waals surface area (Å²) in [4.78, 5) is 10.4. The summed E-state index contributed by atoms with van der Waals surface area (Å²) in [6.07, 6.45) is 0.0492. The summed E-state index contributed by atoms with van der Waals surface area (Å²) in [7, 11) is 1.82. The van der Waals surface area contributed by atoms with Gasteiger partial charge in [-0.3, -0.25) is 4.68 Å². The summed E-state index contributed by atoms with van der Waals surface area (Å²) >= 11 is 0. The van der Waals surface area contributed by atoms with Crippen LogP contribution in [0.3, 0.4) is 0 Å². The maximum absolute atomic E-state index is 14.3. The van der Waals surface area contributed by atoms with Gasteiger partial charge in [0.15, 0.2) is 11.6 Å². The fraction of sp³-hybridized carbons (Fsp3) is 0.522. The van der Waals surface area contributed by atoms with Crippen molar-refractivity contribution in [3.05, 3.63) is 35.9 Å². The molecule has 0 radical (unpaired) electrons. The predicted octanol–water partition coefficient (Wildman–Crippen LogP) is 4.00. The van der Waals surface area contributed by atoms with Gasteiger partial charge in [-0.05, 0) is 31.7 Å². The first-order valence-corrected chi connectivity index (χ1v) is 11.7. The van der Waals surface area contributed by atoms with Crippen molar-refractivity contribution in [3.63, 3.8) is 0 Å². The van der Waals surface area contributed by atoms with Crippen LogP contribution in [-0.2, 0) is 6.18 Å². The molecule has 5 rings (SSSR count). The highest BCUT2D eigenvalue weighted by atomic mass is 19.4. The third kappa shape index (κ3) is 4.71. The van der Waals surface area contributed by atoms with E-state index in [9.17, 15) is 17.6 Å². The first kappa shape index (κ1) is 23.6. The number of hydrogen-bond donors (Lipinski definition) is 2. The topological polar surface area (TPSA) is 80.1 Å². The van der Waals surface area contributed by atoms with Crippen LogP contribution in [-0.4, -0.2) is 59.1 Å². The molecule has 1 aliphatic heterocycles. The standard InChI is InChI=1S/C23H27F4N7O/c1-28-19-12-18-16(13-31-19)21(33-10-8-29-9-11-33)32-34(18)14-2-4-15(5-3-14)35-22-20(24)17(6-7-30-22)23(25,26)27/h6-7,12-15,29H,2-5,8-11H2,1H3,(H,28,31). The molecule has 3 aromatic rings. The molecule has 12 heteroatoms. The Morgan fingerprint density at radius 1 is 1.11 bits per heavy atom. The summed E-state index contributed by atoms with van der Waals surface area (Å²) in [5.74, 6) is -0.412. The summed E-state index contributed by atoms with van der Waals surface area (Å²) in [5.41, 5.74) is -0.388. The molecule has 0 spiro atoms. The van der Waals surface area contributed by atoms with Crippen molar-refractivity contribution >= 4 is 22.5 Å². The second-order valence-electron chi connectivity index (χ2n) is 8.87. The Bertz CT molecular complexity index is 1180. The molecule has 2 N–H and O–H groups in total. The molecule has 3 aromatic heterocycles. The Morgan fingerprint density at radius 3 is 2.54 bits per heavy atom. The highest BCUT2D eigenvalue weighted by Gasteiger charge is 2.36. The third-order valence-corrected chi connectivity index (χ3v) is 6.68. The van der Waals surface area contributed by atoms with Crippen molar-refractivity contribution in [2.75, 3.05) is 43.4 Å². The van der Waals surface area contributed by atoms with Crippen LogP contribution >= 0.6 is 0 Å². The number of alkyl halides is 3. The molecule has 0 atom stereocenters. The van der Waals surface area contributed by atoms with E-state index in [2.05, 4.69) is 25.5 Å². The van der Waals surface area contributed by atoms with Crippen molar-refractivity contribution in [3.8, 4) is 5.88 Å². The number of piperazine rings is 1. The van der Waals surface area contributed by atoms with Crippen LogP contribution in [0.4, 0.5) is 29.2 Å². The van der Waals surface area contributed by atoms with Crippen molar-refractivity contribution in [1.82, 2.24) is 25.1 Å². The summed E-state index contributed by atoms with van der Waals surface area (Å²) < 4.78 is 61.0. The SMILES string of the molecule is CNc1cc2c(cn1)c(N1CCNCC1)nn2C1CCC(Oc2nccc(C(F)(F)F)c2F)CC1. The average Bonchev–Trinajstić information content (AvgIpc) is 3.24. The Kier molecular flexibility index (Phi) is 6.39. The smallest absolute Gasteiger partial charge is 0.419 e. The maximum atomic E-state index is 14.3. The van der Waals surface area contributed by atoms with Crippen LogP contribution in [0.2, 0.25) is 0 Å². The van der Waals surface area contributed by atoms with Gasteiger partial charge in [0.1, 0.15) is 11.9 Å². The molecule has 0 bridgehead atoms. The number of nitrogens with zero attached hydrogens (tertiary/aromatic N) is 5. The molecule has 1 aliphatic carbocycles. The van der Waals surface area contributed by atoms with Crippen LogP contribution in [0.5, 0.6) is 5.88 Å². The number of fused-ring (bicyclic) bond motifs is 1. The molecule has 0 unspecified atom stereocenters. The van der Waals surface area contributed by atoms with Crippen LogP contribution in [0.1, 0.15) is 37.3 Å². The molecule has 2 fully saturated rings. The van der Waals surface area contributed by atoms with Gasteiger partial charge in [0.05, 0.1) is 22.5 Å². The Balaban J connectivity index is 1.35. The van der Waals surface area contributed by atoms with Gasteiger partial charge in [0.25, 0.3) is 5.88 Å². The van der Waals surface area contributed by atoms with Crippen molar-refractivity contribution in [2.24, 2.45) is 0 Å². The number of rotatable bonds is 5. The normalized spacial score (nSPS) is 21.3. The van der Waals surface area contributed by atoms with Gasteiger partial charge in [-0.1, -0.05) is 0 Å². The quantitative estimate of drug-likeness (QED) is 0.520. The highest BCUT2D eigenvalue weighted by Crippen LogP contribution is 2.38. The minimum atomic E-state index is -4.80. The van der Waals surface area contributed by atoms with Gasteiger partial charge in [-0.2, -0.15) is 18.3 Å². The Morgan fingerprint density at radius 2 is 1.86 bits per heavy atom. The van der Waals surface area contributed by atoms with Gasteiger partial charge in [0.2, 0.25) is 0 Å². The molecule has 1 saturated carbocycles. The predicted molar refractivity (Wildman–Crippen MR) is 123 cm³/mol. The van der Waals surface area contributed by atoms with Crippen LogP contribution in [0.15, 0.2) is 24.5 Å². The Hall–Kier alpha value is -3.15. The second kappa shape index (κ2) is 9.48. The van der Waals surface area contributed by atoms with Crippen LogP contribution in [0, 0.1) is 5.82 Å². The molecular weight excluding hydrogens is 466 g/mol. The van der Waals surface area contributed by atoms with E-state index in [1.807, 2.05) is 24.0 Å². The number of anilines is 2. The molecule has 1 saturated heterocycles. The van der Waals surface area contributed by atoms with Gasteiger partial charge in [-0.15, -0.1) is 0 Å². The van der Waals surface area contributed by atoms with E-state index >= 15 is 0 Å². The molecule has 0 aromatic carbocycles. The lowest BCUT2D eigenvalue weighted by molar-refractivity contribution is -0.140. The number of hydrogen-bond acceptors (Lipinski definition) is 7. The zero-order chi connectivity index (χ0) is 24.6. The van der Waals surface area contributed by atoms with Crippen molar-refractivity contribution in [1.29, 1.82) is 0 Å². The van der Waals surface area contributed by atoms with E-state index < -0.39 is 29.5 Å². The monoisotopic (exact) mass is 493 g/mol. The molecule has 8 nitrogen and oxygen atoms in total. The summed E-state index contributed by atoms with van der Waals surface area (Å²) in [6.45, 7) is 3.49. The maximum Gasteiger partial charge on any atom is 0.419 e. The van der Waals surface area contributed by atoms with Gasteiger partial charge in [0, 0.05) is 51.7 Å². The number of aromatic nitrogens is 4. The van der Waals surface area contributed by atoms with E-state index in [4.69, 9.17) is 9.84 Å². The first-order valence-electron chi connectivity index (χ1n) is 11.7. The Labute approximate surface area is 199 Å². The van der Waals surface area contributed by atoms with E-state index in [0.29, 0.717) is 31.7 Å². The lowest BCUT2D eigenvalue weighted by atomic mass is 9.93. The van der Waals surface area contributed by atoms with Crippen LogP contribution < -0.4 is 20.3 Å². The zero-order valence-corrected chi connectivity index (χ0v) is 19.3. The molecule has 0 amide bonds. The van der Waals surface area contributed by atoms with Gasteiger partial charge < -0.3 is 20.3 Å². The van der Waals surface area contributed by atoms with E-state index in [1.54, 1.807) is 0 Å². The second-order valence-corrected chi connectivity index (χ2v) is 8.87. The van der Waals surface area contributed by atoms with Crippen LogP contribution in [0.25, 0.3) is 10.9 Å². The molecule has 4 heterocycles. The fourth-order valence-corrected chi connectivity index (χ4v) is 4.83.